The third-order valence-electron chi connectivity index (χ3n) is 5.98. The molecule has 5 rings (SSSR count). The molecule has 0 atom stereocenters. The zero-order chi connectivity index (χ0) is 22.9. The van der Waals surface area contributed by atoms with E-state index in [4.69, 9.17) is 0 Å². The van der Waals surface area contributed by atoms with Crippen LogP contribution < -0.4 is 16.4 Å². The molecule has 0 aliphatic carbocycles. The molecule has 1 fully saturated rings. The van der Waals surface area contributed by atoms with E-state index in [2.05, 4.69) is 31.5 Å². The van der Waals surface area contributed by atoms with Gasteiger partial charge in [0.25, 0.3) is 5.91 Å². The first-order valence-electron chi connectivity index (χ1n) is 11.2. The van der Waals surface area contributed by atoms with Crippen LogP contribution in [-0.2, 0) is 13.1 Å². The minimum Gasteiger partial charge on any atom is -0.325 e. The summed E-state index contributed by atoms with van der Waals surface area (Å²) in [4.78, 5) is 38.2. The number of hydrazone groups is 1. The van der Waals surface area contributed by atoms with Gasteiger partial charge in [0.1, 0.15) is 17.2 Å². The van der Waals surface area contributed by atoms with E-state index in [9.17, 15) is 9.59 Å². The number of likely N-dealkylation sites (tertiary alicyclic amines) is 1. The Kier molecular flexibility index (Phi) is 5.55. The first-order chi connectivity index (χ1) is 16.0. The molecule has 3 aliphatic rings. The Hall–Kier alpha value is -3.73. The molecule has 0 bridgehead atoms. The molecule has 2 aromatic rings. The number of amidine groups is 1. The lowest BCUT2D eigenvalue weighted by molar-refractivity contribution is 0.102. The summed E-state index contributed by atoms with van der Waals surface area (Å²) in [6.45, 7) is 6.71. The van der Waals surface area contributed by atoms with Crippen molar-refractivity contribution in [3.63, 3.8) is 0 Å². The number of nitrogens with zero attached hydrogens (tertiary/aromatic N) is 6. The second kappa shape index (κ2) is 8.66. The smallest absolute Gasteiger partial charge is 0.320 e. The third kappa shape index (κ3) is 4.19. The summed E-state index contributed by atoms with van der Waals surface area (Å²) < 4.78 is 0. The second-order valence-corrected chi connectivity index (χ2v) is 8.66. The first kappa shape index (κ1) is 21.1. The number of carbonyl (C=O) groups excluding carboxylic acids is 2. The van der Waals surface area contributed by atoms with Gasteiger partial charge in [-0.05, 0) is 56.0 Å². The SMILES string of the molecule is CC(C)N1NNN=C1c1cccc(NC(=O)c2cc3c(cn2)CN(C(=O)N2CCCC2)C3)n1. The highest BCUT2D eigenvalue weighted by atomic mass is 16.2. The Balaban J connectivity index is 1.27. The van der Waals surface area contributed by atoms with E-state index in [1.165, 1.54) is 0 Å². The van der Waals surface area contributed by atoms with Crippen LogP contribution in [0.2, 0.25) is 0 Å². The maximum absolute atomic E-state index is 12.9. The summed E-state index contributed by atoms with van der Waals surface area (Å²) in [5.74, 6) is 0.695. The van der Waals surface area contributed by atoms with Gasteiger partial charge in [0.05, 0.1) is 0 Å². The van der Waals surface area contributed by atoms with Gasteiger partial charge in [-0.15, -0.1) is 10.6 Å². The topological polar surface area (TPSA) is 118 Å². The van der Waals surface area contributed by atoms with E-state index in [-0.39, 0.29) is 18.0 Å². The van der Waals surface area contributed by atoms with Crippen molar-refractivity contribution in [3.05, 3.63) is 53.0 Å². The van der Waals surface area contributed by atoms with Crippen molar-refractivity contribution in [2.45, 2.75) is 45.8 Å². The van der Waals surface area contributed by atoms with Crippen molar-refractivity contribution in [1.29, 1.82) is 0 Å². The van der Waals surface area contributed by atoms with Gasteiger partial charge in [0, 0.05) is 38.4 Å². The van der Waals surface area contributed by atoms with Gasteiger partial charge in [0.2, 0.25) is 0 Å². The average Bonchev–Trinajstić information content (AvgIpc) is 3.58. The predicted molar refractivity (Wildman–Crippen MR) is 122 cm³/mol. The molecule has 3 aliphatic heterocycles. The Morgan fingerprint density at radius 1 is 1.09 bits per heavy atom. The number of nitrogens with one attached hydrogen (secondary N) is 3. The zero-order valence-electron chi connectivity index (χ0n) is 18.7. The number of urea groups is 1. The van der Waals surface area contributed by atoms with Gasteiger partial charge in [-0.2, -0.15) is 0 Å². The van der Waals surface area contributed by atoms with Crippen molar-refractivity contribution in [2.24, 2.45) is 5.10 Å². The fraction of sp³-hybridized carbons (Fsp3) is 0.409. The Morgan fingerprint density at radius 3 is 2.67 bits per heavy atom. The third-order valence-corrected chi connectivity index (χ3v) is 5.98. The fourth-order valence-corrected chi connectivity index (χ4v) is 4.25. The van der Waals surface area contributed by atoms with Crippen molar-refractivity contribution in [1.82, 2.24) is 35.8 Å². The van der Waals surface area contributed by atoms with E-state index in [0.717, 1.165) is 37.1 Å². The summed E-state index contributed by atoms with van der Waals surface area (Å²) in [5, 5.41) is 8.91. The van der Waals surface area contributed by atoms with Crippen LogP contribution >= 0.6 is 0 Å². The standard InChI is InChI=1S/C22H27N9O2/c1-14(2)31-20(26-27-28-31)17-6-5-7-19(24-17)25-21(32)18-10-15-12-30(13-16(15)11-23-18)22(33)29-8-3-4-9-29/h5-7,10-11,14,27-28H,3-4,8-9,12-13H2,1-2H3,(H,24,25,32). The van der Waals surface area contributed by atoms with Crippen LogP contribution in [0.25, 0.3) is 0 Å². The summed E-state index contributed by atoms with van der Waals surface area (Å²) in [5.41, 5.74) is 8.54. The molecule has 1 saturated heterocycles. The molecule has 3 amide bonds. The molecule has 0 saturated carbocycles. The highest BCUT2D eigenvalue weighted by Gasteiger charge is 2.29. The number of carbonyl (C=O) groups is 2. The van der Waals surface area contributed by atoms with Crippen LogP contribution in [-0.4, -0.2) is 61.7 Å². The number of aromatic nitrogens is 2. The molecule has 3 N–H and O–H groups in total. The number of hydrazine groups is 2. The van der Waals surface area contributed by atoms with E-state index in [1.807, 2.05) is 40.8 Å². The molecule has 172 valence electrons. The second-order valence-electron chi connectivity index (χ2n) is 8.66. The van der Waals surface area contributed by atoms with E-state index in [1.54, 1.807) is 18.3 Å². The molecule has 11 nitrogen and oxygen atoms in total. The monoisotopic (exact) mass is 449 g/mol. The van der Waals surface area contributed by atoms with Gasteiger partial charge in [0.15, 0.2) is 5.84 Å². The van der Waals surface area contributed by atoms with Gasteiger partial charge in [-0.3, -0.25) is 14.8 Å². The van der Waals surface area contributed by atoms with Crippen molar-refractivity contribution < 1.29 is 9.59 Å². The zero-order valence-corrected chi connectivity index (χ0v) is 18.7. The van der Waals surface area contributed by atoms with Crippen LogP contribution in [0.1, 0.15) is 54.0 Å². The van der Waals surface area contributed by atoms with Crippen LogP contribution in [0, 0.1) is 0 Å². The Morgan fingerprint density at radius 2 is 1.88 bits per heavy atom. The van der Waals surface area contributed by atoms with Crippen molar-refractivity contribution in [2.75, 3.05) is 18.4 Å². The summed E-state index contributed by atoms with van der Waals surface area (Å²) in [6.07, 6.45) is 3.81. The highest BCUT2D eigenvalue weighted by molar-refractivity contribution is 6.03. The highest BCUT2D eigenvalue weighted by Crippen LogP contribution is 2.25. The Bertz CT molecular complexity index is 1110. The average molecular weight is 450 g/mol. The van der Waals surface area contributed by atoms with Gasteiger partial charge >= 0.3 is 6.03 Å². The van der Waals surface area contributed by atoms with Crippen molar-refractivity contribution >= 4 is 23.6 Å². The number of fused-ring (bicyclic) bond motifs is 1. The van der Waals surface area contributed by atoms with E-state index < -0.39 is 0 Å². The number of hydrogen-bond acceptors (Lipinski definition) is 8. The fourth-order valence-electron chi connectivity index (χ4n) is 4.25. The van der Waals surface area contributed by atoms with Crippen molar-refractivity contribution in [3.8, 4) is 0 Å². The molecule has 2 aromatic heterocycles. The van der Waals surface area contributed by atoms with Gasteiger partial charge in [-0.25, -0.2) is 15.3 Å². The number of rotatable bonds is 4. The van der Waals surface area contributed by atoms with Crippen LogP contribution in [0.4, 0.5) is 10.6 Å². The van der Waals surface area contributed by atoms with Crippen LogP contribution in [0.3, 0.4) is 0 Å². The largest absolute Gasteiger partial charge is 0.325 e. The lowest BCUT2D eigenvalue weighted by Crippen LogP contribution is -2.45. The van der Waals surface area contributed by atoms with Gasteiger partial charge in [-0.1, -0.05) is 6.07 Å². The number of anilines is 1. The number of pyridine rings is 2. The van der Waals surface area contributed by atoms with Crippen LogP contribution in [0.5, 0.6) is 0 Å². The molecule has 0 spiro atoms. The van der Waals surface area contributed by atoms with Gasteiger partial charge < -0.3 is 15.1 Å². The predicted octanol–water partition coefficient (Wildman–Crippen LogP) is 1.66. The molecule has 0 radical (unpaired) electrons. The van der Waals surface area contributed by atoms with E-state index in [0.29, 0.717) is 36.1 Å². The summed E-state index contributed by atoms with van der Waals surface area (Å²) in [7, 11) is 0. The summed E-state index contributed by atoms with van der Waals surface area (Å²) >= 11 is 0. The molecular formula is C22H27N9O2. The molecule has 0 unspecified atom stereocenters. The minimum absolute atomic E-state index is 0.0602. The molecule has 5 heterocycles. The molecule has 0 aromatic carbocycles. The number of hydrogen-bond donors (Lipinski definition) is 3. The lowest BCUT2D eigenvalue weighted by atomic mass is 10.1. The summed E-state index contributed by atoms with van der Waals surface area (Å²) in [6, 6.07) is 7.35. The molecule has 33 heavy (non-hydrogen) atoms. The number of amides is 3. The maximum atomic E-state index is 12.9. The molecule has 11 heteroatoms. The van der Waals surface area contributed by atoms with E-state index >= 15 is 0 Å². The lowest BCUT2D eigenvalue weighted by Gasteiger charge is -2.23. The van der Waals surface area contributed by atoms with Crippen LogP contribution in [0.15, 0.2) is 35.6 Å². The molecular weight excluding hydrogens is 422 g/mol. The Labute approximate surface area is 191 Å². The minimum atomic E-state index is -0.350. The maximum Gasteiger partial charge on any atom is 0.320 e. The quantitative estimate of drug-likeness (QED) is 0.650. The first-order valence-corrected chi connectivity index (χ1v) is 11.2. The normalized spacial score (nSPS) is 17.3.